The molecule has 2 unspecified atom stereocenters. The van der Waals surface area contributed by atoms with Crippen molar-refractivity contribution in [1.82, 2.24) is 5.32 Å². The van der Waals surface area contributed by atoms with Crippen LogP contribution >= 0.6 is 0 Å². The van der Waals surface area contributed by atoms with Crippen LogP contribution in [0.25, 0.3) is 0 Å². The number of carbonyl (C=O) groups is 2. The molecular weight excluding hydrogens is 314 g/mol. The van der Waals surface area contributed by atoms with Gasteiger partial charge in [0.15, 0.2) is 6.10 Å². The Bertz CT molecular complexity index is 670. The Hall–Kier alpha value is -1.84. The van der Waals surface area contributed by atoms with Gasteiger partial charge in [0, 0.05) is 7.05 Å². The minimum Gasteiger partial charge on any atom is -0.452 e. The molecule has 4 saturated carbocycles. The van der Waals surface area contributed by atoms with E-state index in [1.54, 1.807) is 14.0 Å². The quantitative estimate of drug-likeness (QED) is 0.856. The monoisotopic (exact) mass is 341 g/mol. The molecule has 4 nitrogen and oxygen atoms in total. The van der Waals surface area contributed by atoms with Crippen LogP contribution in [0.4, 0.5) is 0 Å². The molecule has 5 atom stereocenters. The Morgan fingerprint density at radius 1 is 1.12 bits per heavy atom. The summed E-state index contributed by atoms with van der Waals surface area (Å²) in [5.41, 5.74) is 1.09. The summed E-state index contributed by atoms with van der Waals surface area (Å²) in [5, 5.41) is 2.56. The second kappa shape index (κ2) is 5.86. The molecule has 4 heteroatoms. The molecule has 1 aromatic carbocycles. The Labute approximate surface area is 149 Å². The maximum absolute atomic E-state index is 13.1. The van der Waals surface area contributed by atoms with E-state index >= 15 is 0 Å². The van der Waals surface area contributed by atoms with Crippen molar-refractivity contribution in [2.45, 2.75) is 57.0 Å². The van der Waals surface area contributed by atoms with E-state index in [9.17, 15) is 9.59 Å². The van der Waals surface area contributed by atoms with Gasteiger partial charge in [0.05, 0.1) is 5.41 Å². The van der Waals surface area contributed by atoms with Gasteiger partial charge < -0.3 is 10.1 Å². The molecule has 0 saturated heterocycles. The smallest absolute Gasteiger partial charge is 0.312 e. The number of hydrogen-bond acceptors (Lipinski definition) is 3. The van der Waals surface area contributed by atoms with Crippen LogP contribution in [0, 0.1) is 17.3 Å². The van der Waals surface area contributed by atoms with Gasteiger partial charge in [0.25, 0.3) is 5.91 Å². The number of hydrogen-bond donors (Lipinski definition) is 1. The highest BCUT2D eigenvalue weighted by Crippen LogP contribution is 2.66. The van der Waals surface area contributed by atoms with Crippen molar-refractivity contribution in [3.63, 3.8) is 0 Å². The van der Waals surface area contributed by atoms with Gasteiger partial charge in [-0.2, -0.15) is 0 Å². The lowest BCUT2D eigenvalue weighted by molar-refractivity contribution is -0.180. The highest BCUT2D eigenvalue weighted by atomic mass is 16.5. The van der Waals surface area contributed by atoms with E-state index in [1.165, 1.54) is 24.8 Å². The van der Waals surface area contributed by atoms with Crippen molar-refractivity contribution >= 4 is 11.9 Å². The Balaban J connectivity index is 1.62. The fourth-order valence-corrected chi connectivity index (χ4v) is 6.17. The third-order valence-electron chi connectivity index (χ3n) is 6.78. The van der Waals surface area contributed by atoms with Crippen LogP contribution in [0.2, 0.25) is 0 Å². The molecule has 25 heavy (non-hydrogen) atoms. The minimum atomic E-state index is -0.724. The molecule has 5 rings (SSSR count). The number of benzene rings is 1. The first-order valence-corrected chi connectivity index (χ1v) is 9.45. The van der Waals surface area contributed by atoms with Crippen LogP contribution in [-0.2, 0) is 19.7 Å². The van der Waals surface area contributed by atoms with Crippen LogP contribution in [0.1, 0.15) is 51.0 Å². The van der Waals surface area contributed by atoms with E-state index in [0.29, 0.717) is 11.8 Å². The minimum absolute atomic E-state index is 0.112. The van der Waals surface area contributed by atoms with E-state index in [1.807, 2.05) is 0 Å². The molecule has 0 aliphatic heterocycles. The van der Waals surface area contributed by atoms with E-state index in [-0.39, 0.29) is 17.3 Å². The summed E-state index contributed by atoms with van der Waals surface area (Å²) in [6.45, 7) is 1.66. The van der Waals surface area contributed by atoms with Crippen molar-refractivity contribution in [3.05, 3.63) is 35.9 Å². The molecule has 0 heterocycles. The van der Waals surface area contributed by atoms with Gasteiger partial charge in [-0.05, 0) is 68.3 Å². The average Bonchev–Trinajstić information content (AvgIpc) is 2.60. The normalized spacial score (nSPS) is 36.7. The van der Waals surface area contributed by atoms with Crippen LogP contribution < -0.4 is 5.32 Å². The van der Waals surface area contributed by atoms with Gasteiger partial charge in [0.1, 0.15) is 0 Å². The average molecular weight is 341 g/mol. The van der Waals surface area contributed by atoms with Crippen molar-refractivity contribution in [1.29, 1.82) is 0 Å². The zero-order chi connectivity index (χ0) is 17.7. The van der Waals surface area contributed by atoms with Gasteiger partial charge in [0.2, 0.25) is 0 Å². The maximum atomic E-state index is 13.1. The molecule has 4 bridgehead atoms. The molecular formula is C21H27NO3. The largest absolute Gasteiger partial charge is 0.452 e. The fourth-order valence-electron chi connectivity index (χ4n) is 6.17. The SMILES string of the molecule is CNC(=O)[C@@H](C)OC(=O)C12C[C@H]3C[C@@H](C1)CC(c1ccccc1)(C3)C2. The molecule has 4 aliphatic carbocycles. The second-order valence-electron chi connectivity index (χ2n) is 8.55. The number of likely N-dealkylation sites (N-methyl/N-ethyl adjacent to an activating group) is 1. The van der Waals surface area contributed by atoms with Crippen LogP contribution in [0.15, 0.2) is 30.3 Å². The topological polar surface area (TPSA) is 55.4 Å². The third kappa shape index (κ3) is 2.66. The highest BCUT2D eigenvalue weighted by molar-refractivity contribution is 5.85. The van der Waals surface area contributed by atoms with E-state index in [4.69, 9.17) is 4.74 Å². The molecule has 1 N–H and O–H groups in total. The zero-order valence-corrected chi connectivity index (χ0v) is 15.1. The second-order valence-corrected chi connectivity index (χ2v) is 8.55. The summed E-state index contributed by atoms with van der Waals surface area (Å²) in [5.74, 6) is 0.808. The predicted molar refractivity (Wildman–Crippen MR) is 94.9 cm³/mol. The Morgan fingerprint density at radius 3 is 2.36 bits per heavy atom. The van der Waals surface area contributed by atoms with Crippen LogP contribution in [0.5, 0.6) is 0 Å². The number of amides is 1. The Morgan fingerprint density at radius 2 is 1.76 bits per heavy atom. The van der Waals surface area contributed by atoms with Crippen LogP contribution in [-0.4, -0.2) is 25.0 Å². The van der Waals surface area contributed by atoms with Crippen molar-refractivity contribution in [2.75, 3.05) is 7.05 Å². The summed E-state index contributed by atoms with van der Waals surface area (Å²) in [6, 6.07) is 10.7. The Kier molecular flexibility index (Phi) is 3.89. The molecule has 4 fully saturated rings. The summed E-state index contributed by atoms with van der Waals surface area (Å²) in [4.78, 5) is 24.9. The molecule has 0 radical (unpaired) electrons. The third-order valence-corrected chi connectivity index (χ3v) is 6.78. The van der Waals surface area contributed by atoms with E-state index < -0.39 is 11.5 Å². The number of carbonyl (C=O) groups excluding carboxylic acids is 2. The van der Waals surface area contributed by atoms with E-state index in [0.717, 1.165) is 19.3 Å². The van der Waals surface area contributed by atoms with Crippen molar-refractivity contribution in [3.8, 4) is 0 Å². The molecule has 1 amide bonds. The highest BCUT2D eigenvalue weighted by Gasteiger charge is 2.61. The van der Waals surface area contributed by atoms with Gasteiger partial charge in [-0.15, -0.1) is 0 Å². The van der Waals surface area contributed by atoms with Gasteiger partial charge in [-0.3, -0.25) is 9.59 Å². The first-order chi connectivity index (χ1) is 12.0. The lowest BCUT2D eigenvalue weighted by Crippen LogP contribution is -2.57. The summed E-state index contributed by atoms with van der Waals surface area (Å²) in [7, 11) is 1.57. The number of esters is 1. The standard InChI is InChI=1S/C21H27NO3/c1-14(18(23)22-2)25-19(24)21-11-15-8-16(12-21)10-20(9-15,13-21)17-6-4-3-5-7-17/h3-7,14-16H,8-13H2,1-2H3,(H,22,23)/t14-,15-,16+,20?,21?/m1/s1. The number of nitrogens with one attached hydrogen (secondary N) is 1. The zero-order valence-electron chi connectivity index (χ0n) is 15.1. The lowest BCUT2D eigenvalue weighted by atomic mass is 9.43. The maximum Gasteiger partial charge on any atom is 0.312 e. The lowest BCUT2D eigenvalue weighted by Gasteiger charge is -2.61. The fraction of sp³-hybridized carbons (Fsp3) is 0.619. The summed E-state index contributed by atoms with van der Waals surface area (Å²) in [6.07, 6.45) is 5.62. The first kappa shape index (κ1) is 16.6. The molecule has 1 aromatic rings. The van der Waals surface area contributed by atoms with Crippen molar-refractivity contribution in [2.24, 2.45) is 17.3 Å². The van der Waals surface area contributed by atoms with Crippen molar-refractivity contribution < 1.29 is 14.3 Å². The van der Waals surface area contributed by atoms with E-state index in [2.05, 4.69) is 35.6 Å². The summed E-state index contributed by atoms with van der Waals surface area (Å²) >= 11 is 0. The first-order valence-electron chi connectivity index (χ1n) is 9.45. The predicted octanol–water partition coefficient (Wildman–Crippen LogP) is 3.20. The van der Waals surface area contributed by atoms with Crippen LogP contribution in [0.3, 0.4) is 0 Å². The van der Waals surface area contributed by atoms with Gasteiger partial charge in [-0.1, -0.05) is 30.3 Å². The number of rotatable bonds is 4. The molecule has 0 spiro atoms. The molecule has 134 valence electrons. The molecule has 0 aromatic heterocycles. The van der Waals surface area contributed by atoms with Gasteiger partial charge in [-0.25, -0.2) is 0 Å². The molecule has 4 aliphatic rings. The number of ether oxygens (including phenoxy) is 1. The summed E-state index contributed by atoms with van der Waals surface area (Å²) < 4.78 is 5.62. The van der Waals surface area contributed by atoms with Gasteiger partial charge >= 0.3 is 5.97 Å².